The van der Waals surface area contributed by atoms with E-state index in [1.807, 2.05) is 0 Å². The van der Waals surface area contributed by atoms with Crippen LogP contribution in [0.4, 0.5) is 13.2 Å². The Labute approximate surface area is 102 Å². The highest BCUT2D eigenvalue weighted by atomic mass is 19.4. The molecule has 5 heteroatoms. The third-order valence-electron chi connectivity index (χ3n) is 1.92. The molecule has 94 valence electrons. The Kier molecular flexibility index (Phi) is 4.55. The molecule has 0 fully saturated rings. The molecule has 1 aromatic carbocycles. The number of carbonyl (C=O) groups is 1. The molecule has 0 bridgehead atoms. The third-order valence-corrected chi connectivity index (χ3v) is 1.92. The number of hydrogen-bond acceptors (Lipinski definition) is 2. The molecule has 0 spiro atoms. The highest BCUT2D eigenvalue weighted by Crippen LogP contribution is 2.29. The van der Waals surface area contributed by atoms with Crippen LogP contribution in [0.1, 0.15) is 11.1 Å². The third kappa shape index (κ3) is 4.34. The molecular formula is C13H9F3O2. The summed E-state index contributed by atoms with van der Waals surface area (Å²) in [6, 6.07) is 4.59. The largest absolute Gasteiger partial charge is 0.449 e. The van der Waals surface area contributed by atoms with Crippen LogP contribution < -0.4 is 0 Å². The molecule has 0 aromatic heterocycles. The molecule has 1 rings (SSSR count). The second kappa shape index (κ2) is 5.92. The highest BCUT2D eigenvalue weighted by Gasteiger charge is 2.30. The molecule has 0 heterocycles. The number of halogens is 3. The van der Waals surface area contributed by atoms with Gasteiger partial charge in [-0.3, -0.25) is 0 Å². The normalized spacial score (nSPS) is 11.2. The predicted molar refractivity (Wildman–Crippen MR) is 60.3 cm³/mol. The molecule has 2 nitrogen and oxygen atoms in total. The van der Waals surface area contributed by atoms with Crippen molar-refractivity contribution < 1.29 is 22.7 Å². The van der Waals surface area contributed by atoms with Crippen molar-refractivity contribution in [2.45, 2.75) is 6.18 Å². The summed E-state index contributed by atoms with van der Waals surface area (Å²) in [6.45, 7) is -0.175. The van der Waals surface area contributed by atoms with Gasteiger partial charge < -0.3 is 4.74 Å². The smallest absolute Gasteiger partial charge is 0.416 e. The van der Waals surface area contributed by atoms with Gasteiger partial charge in [-0.1, -0.05) is 18.1 Å². The van der Waals surface area contributed by atoms with E-state index in [0.717, 1.165) is 18.2 Å². The highest BCUT2D eigenvalue weighted by molar-refractivity contribution is 5.87. The first-order valence-corrected chi connectivity index (χ1v) is 4.89. The van der Waals surface area contributed by atoms with Crippen LogP contribution in [0.15, 0.2) is 30.3 Å². The van der Waals surface area contributed by atoms with Gasteiger partial charge >= 0.3 is 12.1 Å². The number of alkyl halides is 3. The van der Waals surface area contributed by atoms with Crippen LogP contribution in [0.3, 0.4) is 0 Å². The monoisotopic (exact) mass is 254 g/mol. The van der Waals surface area contributed by atoms with Crippen LogP contribution >= 0.6 is 0 Å². The van der Waals surface area contributed by atoms with Crippen LogP contribution in [-0.2, 0) is 15.7 Å². The number of carbonyl (C=O) groups excluding carboxylic acids is 1. The fraction of sp³-hybridized carbons (Fsp3) is 0.154. The van der Waals surface area contributed by atoms with Gasteiger partial charge in [0.25, 0.3) is 0 Å². The Morgan fingerprint density at radius 1 is 1.44 bits per heavy atom. The number of hydrogen-bond donors (Lipinski definition) is 0. The zero-order valence-corrected chi connectivity index (χ0v) is 9.20. The fourth-order valence-corrected chi connectivity index (χ4v) is 1.14. The minimum atomic E-state index is -4.41. The molecular weight excluding hydrogens is 245 g/mol. The summed E-state index contributed by atoms with van der Waals surface area (Å²) in [5, 5.41) is 0. The molecule has 0 N–H and O–H groups in total. The molecule has 1 aromatic rings. The first kappa shape index (κ1) is 13.8. The zero-order valence-electron chi connectivity index (χ0n) is 9.20. The number of esters is 1. The standard InChI is InChI=1S/C13H9F3O2/c1-2-8-18-12(17)7-6-10-4-3-5-11(9-10)13(14,15)16/h1,3-7,9H,8H2/b7-6+. The lowest BCUT2D eigenvalue weighted by Gasteiger charge is -2.06. The Bertz CT molecular complexity index is 496. The van der Waals surface area contributed by atoms with Crippen LogP contribution in [-0.4, -0.2) is 12.6 Å². The summed E-state index contributed by atoms with van der Waals surface area (Å²) in [7, 11) is 0. The van der Waals surface area contributed by atoms with Gasteiger partial charge in [0.15, 0.2) is 6.61 Å². The van der Waals surface area contributed by atoms with E-state index in [4.69, 9.17) is 6.42 Å². The van der Waals surface area contributed by atoms with E-state index in [-0.39, 0.29) is 12.2 Å². The lowest BCUT2D eigenvalue weighted by atomic mass is 10.1. The maximum atomic E-state index is 12.4. The molecule has 0 radical (unpaired) electrons. The van der Waals surface area contributed by atoms with Crippen molar-refractivity contribution in [3.05, 3.63) is 41.5 Å². The molecule has 0 unspecified atom stereocenters. The minimum Gasteiger partial charge on any atom is -0.449 e. The van der Waals surface area contributed by atoms with Gasteiger partial charge in [-0.25, -0.2) is 4.79 Å². The molecule has 0 aliphatic rings. The lowest BCUT2D eigenvalue weighted by molar-refractivity contribution is -0.137. The van der Waals surface area contributed by atoms with Crippen molar-refractivity contribution in [2.75, 3.05) is 6.61 Å². The van der Waals surface area contributed by atoms with Gasteiger partial charge in [0, 0.05) is 6.08 Å². The lowest BCUT2D eigenvalue weighted by Crippen LogP contribution is -2.04. The van der Waals surface area contributed by atoms with E-state index in [2.05, 4.69) is 10.7 Å². The van der Waals surface area contributed by atoms with Crippen molar-refractivity contribution in [1.29, 1.82) is 0 Å². The number of rotatable bonds is 3. The average Bonchev–Trinajstić information content (AvgIpc) is 2.33. The van der Waals surface area contributed by atoms with Crippen LogP contribution in [0, 0.1) is 12.3 Å². The van der Waals surface area contributed by atoms with Crippen molar-refractivity contribution in [1.82, 2.24) is 0 Å². The SMILES string of the molecule is C#CCOC(=O)/C=C/c1cccc(C(F)(F)F)c1. The first-order valence-electron chi connectivity index (χ1n) is 4.89. The van der Waals surface area contributed by atoms with Crippen molar-refractivity contribution in [3.8, 4) is 12.3 Å². The molecule has 0 saturated heterocycles. The summed E-state index contributed by atoms with van der Waals surface area (Å²) in [5.41, 5.74) is -0.524. The van der Waals surface area contributed by atoms with Gasteiger partial charge in [-0.05, 0) is 23.8 Å². The van der Waals surface area contributed by atoms with Crippen LogP contribution in [0.5, 0.6) is 0 Å². The van der Waals surface area contributed by atoms with E-state index in [1.165, 1.54) is 18.2 Å². The van der Waals surface area contributed by atoms with E-state index >= 15 is 0 Å². The number of terminal acetylenes is 1. The quantitative estimate of drug-likeness (QED) is 0.471. The second-order valence-electron chi connectivity index (χ2n) is 3.27. The van der Waals surface area contributed by atoms with Crippen molar-refractivity contribution in [2.24, 2.45) is 0 Å². The second-order valence-corrected chi connectivity index (χ2v) is 3.27. The molecule has 18 heavy (non-hydrogen) atoms. The van der Waals surface area contributed by atoms with Crippen molar-refractivity contribution in [3.63, 3.8) is 0 Å². The van der Waals surface area contributed by atoms with E-state index in [9.17, 15) is 18.0 Å². The molecule has 0 aliphatic heterocycles. The van der Waals surface area contributed by atoms with Crippen LogP contribution in [0.25, 0.3) is 6.08 Å². The topological polar surface area (TPSA) is 26.3 Å². The van der Waals surface area contributed by atoms with Gasteiger partial charge in [-0.15, -0.1) is 6.42 Å². The molecule has 0 atom stereocenters. The van der Waals surface area contributed by atoms with Crippen molar-refractivity contribution >= 4 is 12.0 Å². The zero-order chi connectivity index (χ0) is 13.6. The van der Waals surface area contributed by atoms with Gasteiger partial charge in [0.05, 0.1) is 5.56 Å². The Balaban J connectivity index is 2.77. The van der Waals surface area contributed by atoms with Gasteiger partial charge in [0.2, 0.25) is 0 Å². The summed E-state index contributed by atoms with van der Waals surface area (Å²) < 4.78 is 41.7. The van der Waals surface area contributed by atoms with E-state index < -0.39 is 17.7 Å². The summed E-state index contributed by atoms with van der Waals surface area (Å²) in [6.07, 6.45) is 2.72. The fourth-order valence-electron chi connectivity index (χ4n) is 1.14. The van der Waals surface area contributed by atoms with E-state index in [1.54, 1.807) is 0 Å². The Morgan fingerprint density at radius 3 is 2.78 bits per heavy atom. The summed E-state index contributed by atoms with van der Waals surface area (Å²) >= 11 is 0. The first-order chi connectivity index (χ1) is 8.43. The average molecular weight is 254 g/mol. The minimum absolute atomic E-state index is 0.175. The van der Waals surface area contributed by atoms with Gasteiger partial charge in [-0.2, -0.15) is 13.2 Å². The number of ether oxygens (including phenoxy) is 1. The maximum Gasteiger partial charge on any atom is 0.416 e. The molecule has 0 saturated carbocycles. The Morgan fingerprint density at radius 2 is 2.17 bits per heavy atom. The van der Waals surface area contributed by atoms with Crippen LogP contribution in [0.2, 0.25) is 0 Å². The summed E-state index contributed by atoms with van der Waals surface area (Å²) in [4.78, 5) is 11.0. The molecule has 0 aliphatic carbocycles. The van der Waals surface area contributed by atoms with E-state index in [0.29, 0.717) is 0 Å². The number of benzene rings is 1. The Hall–Kier alpha value is -2.22. The molecule has 0 amide bonds. The van der Waals surface area contributed by atoms with Gasteiger partial charge in [0.1, 0.15) is 0 Å². The summed E-state index contributed by atoms with van der Waals surface area (Å²) in [5.74, 6) is 1.40. The maximum absolute atomic E-state index is 12.4. The predicted octanol–water partition coefficient (Wildman–Crippen LogP) is 2.90.